The van der Waals surface area contributed by atoms with E-state index in [1.165, 1.54) is 26.1 Å². The van der Waals surface area contributed by atoms with Crippen molar-refractivity contribution in [1.29, 1.82) is 0 Å². The Labute approximate surface area is 108 Å². The van der Waals surface area contributed by atoms with Crippen molar-refractivity contribution in [3.63, 3.8) is 0 Å². The zero-order valence-corrected chi connectivity index (χ0v) is 12.5. The first-order chi connectivity index (χ1) is 7.90. The van der Waals surface area contributed by atoms with Crippen LogP contribution >= 0.6 is 0 Å². The van der Waals surface area contributed by atoms with Gasteiger partial charge in [-0.25, -0.2) is 0 Å². The van der Waals surface area contributed by atoms with Crippen molar-refractivity contribution < 1.29 is 0 Å². The summed E-state index contributed by atoms with van der Waals surface area (Å²) >= 11 is 0. The Morgan fingerprint density at radius 3 is 2.35 bits per heavy atom. The summed E-state index contributed by atoms with van der Waals surface area (Å²) in [5.41, 5.74) is 0. The Bertz CT molecular complexity index is 214. The van der Waals surface area contributed by atoms with E-state index in [9.17, 15) is 0 Å². The van der Waals surface area contributed by atoms with Crippen molar-refractivity contribution >= 4 is 0 Å². The van der Waals surface area contributed by atoms with E-state index in [1.807, 2.05) is 0 Å². The maximum atomic E-state index is 3.66. The van der Waals surface area contributed by atoms with Crippen LogP contribution in [0, 0.1) is 5.92 Å². The first kappa shape index (κ1) is 14.9. The molecular formula is C14H31N3. The van der Waals surface area contributed by atoms with Crippen molar-refractivity contribution in [3.8, 4) is 0 Å². The third kappa shape index (κ3) is 4.94. The topological polar surface area (TPSA) is 18.5 Å². The summed E-state index contributed by atoms with van der Waals surface area (Å²) in [6.45, 7) is 12.8. The summed E-state index contributed by atoms with van der Waals surface area (Å²) in [6.07, 6.45) is 1.30. The fourth-order valence-corrected chi connectivity index (χ4v) is 2.82. The third-order valence-electron chi connectivity index (χ3n) is 3.58. The largest absolute Gasteiger partial charge is 0.310 e. The zero-order valence-electron chi connectivity index (χ0n) is 12.5. The highest BCUT2D eigenvalue weighted by molar-refractivity contribution is 4.88. The maximum absolute atomic E-state index is 3.66. The SMILES string of the molecule is CC(C)NC1CCN(C(CN(C)C)C(C)C)C1. The minimum absolute atomic E-state index is 0.603. The number of nitrogens with zero attached hydrogens (tertiary/aromatic N) is 2. The van der Waals surface area contributed by atoms with E-state index >= 15 is 0 Å². The lowest BCUT2D eigenvalue weighted by atomic mass is 10.0. The van der Waals surface area contributed by atoms with Crippen molar-refractivity contribution in [2.45, 2.75) is 52.2 Å². The van der Waals surface area contributed by atoms with Gasteiger partial charge in [-0.2, -0.15) is 0 Å². The van der Waals surface area contributed by atoms with E-state index in [-0.39, 0.29) is 0 Å². The van der Waals surface area contributed by atoms with Gasteiger partial charge in [0.05, 0.1) is 0 Å². The molecule has 102 valence electrons. The number of rotatable bonds is 6. The van der Waals surface area contributed by atoms with E-state index < -0.39 is 0 Å². The molecule has 0 radical (unpaired) electrons. The number of hydrogen-bond donors (Lipinski definition) is 1. The van der Waals surface area contributed by atoms with Crippen LogP contribution in [-0.2, 0) is 0 Å². The molecule has 1 heterocycles. The van der Waals surface area contributed by atoms with E-state index in [2.05, 4.69) is 56.9 Å². The highest BCUT2D eigenvalue weighted by Crippen LogP contribution is 2.19. The van der Waals surface area contributed by atoms with Crippen LogP contribution in [0.1, 0.15) is 34.1 Å². The number of hydrogen-bond acceptors (Lipinski definition) is 3. The molecule has 0 aromatic rings. The number of likely N-dealkylation sites (tertiary alicyclic amines) is 1. The van der Waals surface area contributed by atoms with Crippen LogP contribution in [0.4, 0.5) is 0 Å². The standard InChI is InChI=1S/C14H31N3/c1-11(2)14(10-16(5)6)17-8-7-13(9-17)15-12(3)4/h11-15H,7-10H2,1-6H3. The van der Waals surface area contributed by atoms with Gasteiger partial charge in [-0.15, -0.1) is 0 Å². The van der Waals surface area contributed by atoms with E-state index in [0.29, 0.717) is 18.1 Å². The molecule has 1 saturated heterocycles. The van der Waals surface area contributed by atoms with Gasteiger partial charge in [-0.05, 0) is 26.4 Å². The molecule has 2 unspecified atom stereocenters. The molecule has 1 rings (SSSR count). The lowest BCUT2D eigenvalue weighted by Crippen LogP contribution is -2.46. The van der Waals surface area contributed by atoms with Crippen LogP contribution in [-0.4, -0.2) is 61.7 Å². The molecule has 0 aromatic carbocycles. The van der Waals surface area contributed by atoms with Gasteiger partial charge in [0.15, 0.2) is 0 Å². The Hall–Kier alpha value is -0.120. The second-order valence-corrected chi connectivity index (χ2v) is 6.38. The Morgan fingerprint density at radius 1 is 1.24 bits per heavy atom. The van der Waals surface area contributed by atoms with Gasteiger partial charge in [0.2, 0.25) is 0 Å². The summed E-state index contributed by atoms with van der Waals surface area (Å²) < 4.78 is 0. The van der Waals surface area contributed by atoms with Gasteiger partial charge in [-0.3, -0.25) is 4.90 Å². The fraction of sp³-hybridized carbons (Fsp3) is 1.00. The van der Waals surface area contributed by atoms with Gasteiger partial charge in [0, 0.05) is 37.8 Å². The molecule has 1 aliphatic rings. The average Bonchev–Trinajstić information content (AvgIpc) is 2.60. The normalized spacial score (nSPS) is 24.2. The maximum Gasteiger partial charge on any atom is 0.0246 e. The molecule has 1 fully saturated rings. The molecule has 0 aromatic heterocycles. The molecule has 0 saturated carbocycles. The summed E-state index contributed by atoms with van der Waals surface area (Å²) in [7, 11) is 4.35. The van der Waals surface area contributed by atoms with E-state index in [4.69, 9.17) is 0 Å². The predicted molar refractivity (Wildman–Crippen MR) is 75.4 cm³/mol. The van der Waals surface area contributed by atoms with E-state index in [0.717, 1.165) is 5.92 Å². The smallest absolute Gasteiger partial charge is 0.0246 e. The molecule has 0 bridgehead atoms. The molecule has 17 heavy (non-hydrogen) atoms. The lowest BCUT2D eigenvalue weighted by Gasteiger charge is -2.33. The first-order valence-corrected chi connectivity index (χ1v) is 7.05. The summed E-state index contributed by atoms with van der Waals surface area (Å²) in [5, 5.41) is 3.66. The molecule has 3 heteroatoms. The third-order valence-corrected chi connectivity index (χ3v) is 3.58. The predicted octanol–water partition coefficient (Wildman–Crippen LogP) is 1.64. The molecule has 0 aliphatic carbocycles. The van der Waals surface area contributed by atoms with Crippen LogP contribution in [0.5, 0.6) is 0 Å². The first-order valence-electron chi connectivity index (χ1n) is 7.05. The van der Waals surface area contributed by atoms with Gasteiger partial charge in [0.1, 0.15) is 0 Å². The minimum atomic E-state index is 0.603. The Balaban J connectivity index is 2.48. The van der Waals surface area contributed by atoms with Crippen LogP contribution in [0.2, 0.25) is 0 Å². The molecule has 0 amide bonds. The molecule has 1 N–H and O–H groups in total. The van der Waals surface area contributed by atoms with Gasteiger partial charge in [-0.1, -0.05) is 27.7 Å². The molecule has 0 spiro atoms. The lowest BCUT2D eigenvalue weighted by molar-refractivity contribution is 0.149. The van der Waals surface area contributed by atoms with Crippen molar-refractivity contribution in [3.05, 3.63) is 0 Å². The summed E-state index contributed by atoms with van der Waals surface area (Å²) in [6, 6.07) is 1.99. The van der Waals surface area contributed by atoms with E-state index in [1.54, 1.807) is 0 Å². The zero-order chi connectivity index (χ0) is 13.0. The van der Waals surface area contributed by atoms with Crippen LogP contribution in [0.3, 0.4) is 0 Å². The number of nitrogens with one attached hydrogen (secondary N) is 1. The van der Waals surface area contributed by atoms with Crippen LogP contribution in [0.15, 0.2) is 0 Å². The summed E-state index contributed by atoms with van der Waals surface area (Å²) in [5.74, 6) is 0.732. The second kappa shape index (κ2) is 6.72. The van der Waals surface area contributed by atoms with Crippen molar-refractivity contribution in [1.82, 2.24) is 15.1 Å². The van der Waals surface area contributed by atoms with Crippen LogP contribution in [0.25, 0.3) is 0 Å². The van der Waals surface area contributed by atoms with Gasteiger partial charge in [0.25, 0.3) is 0 Å². The summed E-state index contributed by atoms with van der Waals surface area (Å²) in [4.78, 5) is 4.98. The molecule has 1 aliphatic heterocycles. The Morgan fingerprint density at radius 2 is 1.88 bits per heavy atom. The highest BCUT2D eigenvalue weighted by Gasteiger charge is 2.30. The minimum Gasteiger partial charge on any atom is -0.310 e. The average molecular weight is 241 g/mol. The Kier molecular flexibility index (Phi) is 5.90. The monoisotopic (exact) mass is 241 g/mol. The van der Waals surface area contributed by atoms with Crippen molar-refractivity contribution in [2.75, 3.05) is 33.7 Å². The fourth-order valence-electron chi connectivity index (χ4n) is 2.82. The quantitative estimate of drug-likeness (QED) is 0.763. The second-order valence-electron chi connectivity index (χ2n) is 6.38. The highest BCUT2D eigenvalue weighted by atomic mass is 15.2. The van der Waals surface area contributed by atoms with Gasteiger partial charge >= 0.3 is 0 Å². The number of likely N-dealkylation sites (N-methyl/N-ethyl adjacent to an activating group) is 1. The van der Waals surface area contributed by atoms with Crippen LogP contribution < -0.4 is 5.32 Å². The van der Waals surface area contributed by atoms with Crippen molar-refractivity contribution in [2.24, 2.45) is 5.92 Å². The van der Waals surface area contributed by atoms with Gasteiger partial charge < -0.3 is 10.2 Å². The molecule has 3 nitrogen and oxygen atoms in total. The molecular weight excluding hydrogens is 210 g/mol. The molecule has 2 atom stereocenters.